The van der Waals surface area contributed by atoms with E-state index in [-0.39, 0.29) is 0 Å². The van der Waals surface area contributed by atoms with E-state index in [0.29, 0.717) is 12.8 Å². The van der Waals surface area contributed by atoms with Gasteiger partial charge in [0.1, 0.15) is 11.5 Å². The summed E-state index contributed by atoms with van der Waals surface area (Å²) >= 11 is 0. The molecule has 0 amide bonds. The van der Waals surface area contributed by atoms with Crippen molar-refractivity contribution in [3.63, 3.8) is 0 Å². The van der Waals surface area contributed by atoms with E-state index >= 15 is 0 Å². The van der Waals surface area contributed by atoms with Crippen molar-refractivity contribution in [2.75, 3.05) is 0 Å². The van der Waals surface area contributed by atoms with Gasteiger partial charge in [-0.2, -0.15) is 5.26 Å². The Labute approximate surface area is 75.2 Å². The molecule has 0 radical (unpaired) electrons. The van der Waals surface area contributed by atoms with Crippen molar-refractivity contribution in [3.8, 4) is 6.07 Å². The highest BCUT2D eigenvalue weighted by Crippen LogP contribution is 2.08. The Morgan fingerprint density at radius 3 is 3.31 bits per heavy atom. The van der Waals surface area contributed by atoms with Crippen LogP contribution in [0.25, 0.3) is 11.0 Å². The van der Waals surface area contributed by atoms with E-state index in [9.17, 15) is 0 Å². The molecule has 0 bridgehead atoms. The molecule has 2 aromatic heterocycles. The van der Waals surface area contributed by atoms with Gasteiger partial charge in [0.15, 0.2) is 0 Å². The standard InChI is InChI=1S/C9H8N4/c10-4-1-2-8-12-6-7-3-5-11-9(7)13-8/h3,5-6H,1-2H2,(H,11,12,13). The number of nitrogens with one attached hydrogen (secondary N) is 1. The van der Waals surface area contributed by atoms with E-state index in [0.717, 1.165) is 16.9 Å². The first-order valence-electron chi connectivity index (χ1n) is 4.06. The first kappa shape index (κ1) is 7.74. The van der Waals surface area contributed by atoms with Crippen LogP contribution in [0.2, 0.25) is 0 Å². The SMILES string of the molecule is N#CCCc1ncc2cc[nH]c2n1. The molecule has 0 spiro atoms. The summed E-state index contributed by atoms with van der Waals surface area (Å²) < 4.78 is 0. The molecule has 2 aromatic rings. The fourth-order valence-corrected chi connectivity index (χ4v) is 1.16. The molecule has 0 fully saturated rings. The number of aromatic amines is 1. The van der Waals surface area contributed by atoms with Crippen LogP contribution in [-0.4, -0.2) is 15.0 Å². The maximum Gasteiger partial charge on any atom is 0.140 e. The first-order valence-corrected chi connectivity index (χ1v) is 4.06. The summed E-state index contributed by atoms with van der Waals surface area (Å²) in [6.45, 7) is 0. The van der Waals surface area contributed by atoms with Crippen LogP contribution < -0.4 is 0 Å². The number of nitriles is 1. The Hall–Kier alpha value is -1.89. The molecule has 4 heteroatoms. The minimum Gasteiger partial charge on any atom is -0.346 e. The molecule has 1 N–H and O–H groups in total. The van der Waals surface area contributed by atoms with Gasteiger partial charge in [0, 0.05) is 30.6 Å². The molecule has 2 rings (SSSR count). The smallest absolute Gasteiger partial charge is 0.140 e. The van der Waals surface area contributed by atoms with E-state index < -0.39 is 0 Å². The molecule has 0 atom stereocenters. The minimum atomic E-state index is 0.464. The maximum atomic E-state index is 8.39. The topological polar surface area (TPSA) is 65.4 Å². The largest absolute Gasteiger partial charge is 0.346 e. The number of aromatic nitrogens is 3. The van der Waals surface area contributed by atoms with Crippen molar-refractivity contribution in [2.24, 2.45) is 0 Å². The predicted octanol–water partition coefficient (Wildman–Crippen LogP) is 1.41. The zero-order valence-corrected chi connectivity index (χ0v) is 6.99. The Morgan fingerprint density at radius 1 is 1.54 bits per heavy atom. The molecule has 0 aliphatic heterocycles. The van der Waals surface area contributed by atoms with Gasteiger partial charge in [-0.1, -0.05) is 0 Å². The second kappa shape index (κ2) is 3.23. The van der Waals surface area contributed by atoms with Crippen LogP contribution in [0.1, 0.15) is 12.2 Å². The summed E-state index contributed by atoms with van der Waals surface area (Å²) in [6.07, 6.45) is 4.68. The Kier molecular flexibility index (Phi) is 1.93. The Balaban J connectivity index is 2.33. The zero-order chi connectivity index (χ0) is 9.10. The van der Waals surface area contributed by atoms with Crippen LogP contribution in [0.15, 0.2) is 18.5 Å². The molecular formula is C9H8N4. The third kappa shape index (κ3) is 1.49. The predicted molar refractivity (Wildman–Crippen MR) is 47.8 cm³/mol. The van der Waals surface area contributed by atoms with E-state index in [1.165, 1.54) is 0 Å². The van der Waals surface area contributed by atoms with Crippen LogP contribution in [0.4, 0.5) is 0 Å². The first-order chi connectivity index (χ1) is 6.40. The average Bonchev–Trinajstić information content (AvgIpc) is 2.61. The average molecular weight is 172 g/mol. The lowest BCUT2D eigenvalue weighted by molar-refractivity contribution is 0.896. The van der Waals surface area contributed by atoms with E-state index in [1.807, 2.05) is 12.3 Å². The maximum absolute atomic E-state index is 8.39. The van der Waals surface area contributed by atoms with Gasteiger partial charge in [0.2, 0.25) is 0 Å². The number of hydrogen-bond donors (Lipinski definition) is 1. The fraction of sp³-hybridized carbons (Fsp3) is 0.222. The zero-order valence-electron chi connectivity index (χ0n) is 6.99. The molecule has 64 valence electrons. The third-order valence-electron chi connectivity index (χ3n) is 1.81. The van der Waals surface area contributed by atoms with Crippen molar-refractivity contribution in [3.05, 3.63) is 24.3 Å². The highest BCUT2D eigenvalue weighted by molar-refractivity contribution is 5.73. The second-order valence-corrected chi connectivity index (χ2v) is 2.73. The minimum absolute atomic E-state index is 0.464. The van der Waals surface area contributed by atoms with Crippen LogP contribution in [0.3, 0.4) is 0 Å². The quantitative estimate of drug-likeness (QED) is 0.744. The highest BCUT2D eigenvalue weighted by Gasteiger charge is 1.99. The number of aryl methyl sites for hydroxylation is 1. The van der Waals surface area contributed by atoms with E-state index in [2.05, 4.69) is 21.0 Å². The highest BCUT2D eigenvalue weighted by atomic mass is 14.9. The van der Waals surface area contributed by atoms with Crippen molar-refractivity contribution in [1.82, 2.24) is 15.0 Å². The normalized spacial score (nSPS) is 10.1. The summed E-state index contributed by atoms with van der Waals surface area (Å²) in [5, 5.41) is 9.39. The van der Waals surface area contributed by atoms with Crippen molar-refractivity contribution in [1.29, 1.82) is 5.26 Å². The lowest BCUT2D eigenvalue weighted by Crippen LogP contribution is -1.93. The summed E-state index contributed by atoms with van der Waals surface area (Å²) in [4.78, 5) is 11.4. The van der Waals surface area contributed by atoms with Gasteiger partial charge in [-0.25, -0.2) is 9.97 Å². The number of nitrogens with zero attached hydrogens (tertiary/aromatic N) is 3. The summed E-state index contributed by atoms with van der Waals surface area (Å²) in [7, 11) is 0. The van der Waals surface area contributed by atoms with Gasteiger partial charge in [0.05, 0.1) is 6.07 Å². The molecule has 13 heavy (non-hydrogen) atoms. The molecule has 0 aromatic carbocycles. The summed E-state index contributed by atoms with van der Waals surface area (Å²) in [5.41, 5.74) is 0.836. The Bertz CT molecular complexity index is 452. The lowest BCUT2D eigenvalue weighted by Gasteiger charge is -1.94. The van der Waals surface area contributed by atoms with Crippen molar-refractivity contribution < 1.29 is 0 Å². The number of rotatable bonds is 2. The van der Waals surface area contributed by atoms with Crippen molar-refractivity contribution in [2.45, 2.75) is 12.8 Å². The fourth-order valence-electron chi connectivity index (χ4n) is 1.16. The summed E-state index contributed by atoms with van der Waals surface area (Å²) in [5.74, 6) is 0.719. The molecule has 0 aliphatic rings. The molecule has 0 saturated heterocycles. The molecule has 4 nitrogen and oxygen atoms in total. The van der Waals surface area contributed by atoms with Gasteiger partial charge in [-0.15, -0.1) is 0 Å². The molecule has 2 heterocycles. The third-order valence-corrected chi connectivity index (χ3v) is 1.81. The van der Waals surface area contributed by atoms with Crippen LogP contribution in [-0.2, 0) is 6.42 Å². The lowest BCUT2D eigenvalue weighted by atomic mass is 10.3. The van der Waals surface area contributed by atoms with Gasteiger partial charge in [-0.05, 0) is 6.07 Å². The van der Waals surface area contributed by atoms with Crippen LogP contribution in [0, 0.1) is 11.3 Å². The molecular weight excluding hydrogens is 164 g/mol. The number of H-pyrrole nitrogens is 1. The molecule has 0 unspecified atom stereocenters. The van der Waals surface area contributed by atoms with Crippen LogP contribution in [0.5, 0.6) is 0 Å². The van der Waals surface area contributed by atoms with Crippen molar-refractivity contribution >= 4 is 11.0 Å². The van der Waals surface area contributed by atoms with Gasteiger partial charge in [0.25, 0.3) is 0 Å². The summed E-state index contributed by atoms with van der Waals surface area (Å²) in [6, 6.07) is 3.99. The van der Waals surface area contributed by atoms with Gasteiger partial charge in [-0.3, -0.25) is 0 Å². The second-order valence-electron chi connectivity index (χ2n) is 2.73. The van der Waals surface area contributed by atoms with Crippen LogP contribution >= 0.6 is 0 Å². The van der Waals surface area contributed by atoms with Gasteiger partial charge < -0.3 is 4.98 Å². The number of hydrogen-bond acceptors (Lipinski definition) is 3. The Morgan fingerprint density at radius 2 is 2.46 bits per heavy atom. The molecule has 0 aliphatic carbocycles. The number of fused-ring (bicyclic) bond motifs is 1. The van der Waals surface area contributed by atoms with E-state index in [4.69, 9.17) is 5.26 Å². The van der Waals surface area contributed by atoms with E-state index in [1.54, 1.807) is 6.20 Å². The molecule has 0 saturated carbocycles. The van der Waals surface area contributed by atoms with Gasteiger partial charge >= 0.3 is 0 Å². The monoisotopic (exact) mass is 172 g/mol.